The molecule has 2 atom stereocenters. The topological polar surface area (TPSA) is 55.1 Å². The van der Waals surface area contributed by atoms with Crippen LogP contribution in [0.15, 0.2) is 18.2 Å². The van der Waals surface area contributed by atoms with E-state index in [2.05, 4.69) is 12.2 Å². The van der Waals surface area contributed by atoms with E-state index in [1.807, 2.05) is 13.0 Å². The zero-order valence-electron chi connectivity index (χ0n) is 11.2. The van der Waals surface area contributed by atoms with Crippen LogP contribution >= 0.6 is 0 Å². The summed E-state index contributed by atoms with van der Waals surface area (Å²) in [4.78, 5) is 12.0. The summed E-state index contributed by atoms with van der Waals surface area (Å²) in [6, 6.07) is 5.43. The number of benzene rings is 1. The average molecular weight is 246 g/mol. The third-order valence-corrected chi connectivity index (χ3v) is 4.10. The monoisotopic (exact) mass is 246 g/mol. The van der Waals surface area contributed by atoms with Gasteiger partial charge in [-0.05, 0) is 48.9 Å². The first-order chi connectivity index (χ1) is 8.58. The van der Waals surface area contributed by atoms with Crippen LogP contribution in [0.25, 0.3) is 0 Å². The first kappa shape index (κ1) is 12.9. The van der Waals surface area contributed by atoms with E-state index in [0.717, 1.165) is 23.7 Å². The SMILES string of the molecule is Cc1cc(C(=O)NCC2CCCC2C)ccc1N. The Balaban J connectivity index is 1.93. The number of anilines is 1. The Morgan fingerprint density at radius 2 is 2.22 bits per heavy atom. The van der Waals surface area contributed by atoms with Gasteiger partial charge in [0, 0.05) is 17.8 Å². The first-order valence-corrected chi connectivity index (χ1v) is 6.72. The van der Waals surface area contributed by atoms with Crippen LogP contribution in [0.4, 0.5) is 5.69 Å². The predicted octanol–water partition coefficient (Wildman–Crippen LogP) is 2.74. The fourth-order valence-electron chi connectivity index (χ4n) is 2.67. The van der Waals surface area contributed by atoms with E-state index in [-0.39, 0.29) is 5.91 Å². The second kappa shape index (κ2) is 5.42. The van der Waals surface area contributed by atoms with Gasteiger partial charge in [0.15, 0.2) is 0 Å². The maximum absolute atomic E-state index is 12.0. The number of hydrogen-bond donors (Lipinski definition) is 2. The molecule has 1 aliphatic carbocycles. The average Bonchev–Trinajstić information content (AvgIpc) is 2.75. The van der Waals surface area contributed by atoms with Crippen molar-refractivity contribution in [1.29, 1.82) is 0 Å². The maximum Gasteiger partial charge on any atom is 0.251 e. The number of rotatable bonds is 3. The van der Waals surface area contributed by atoms with E-state index >= 15 is 0 Å². The van der Waals surface area contributed by atoms with Gasteiger partial charge in [0.2, 0.25) is 0 Å². The van der Waals surface area contributed by atoms with Crippen LogP contribution in [-0.4, -0.2) is 12.5 Å². The van der Waals surface area contributed by atoms with Crippen molar-refractivity contribution in [2.24, 2.45) is 11.8 Å². The molecule has 3 heteroatoms. The van der Waals surface area contributed by atoms with Crippen LogP contribution in [-0.2, 0) is 0 Å². The summed E-state index contributed by atoms with van der Waals surface area (Å²) in [5.74, 6) is 1.39. The largest absolute Gasteiger partial charge is 0.399 e. The quantitative estimate of drug-likeness (QED) is 0.806. The minimum atomic E-state index is 0.0113. The smallest absolute Gasteiger partial charge is 0.251 e. The second-order valence-corrected chi connectivity index (χ2v) is 5.45. The van der Waals surface area contributed by atoms with Gasteiger partial charge in [-0.15, -0.1) is 0 Å². The van der Waals surface area contributed by atoms with Crippen molar-refractivity contribution < 1.29 is 4.79 Å². The lowest BCUT2D eigenvalue weighted by atomic mass is 9.98. The van der Waals surface area contributed by atoms with Gasteiger partial charge >= 0.3 is 0 Å². The number of nitrogen functional groups attached to an aromatic ring is 1. The lowest BCUT2D eigenvalue weighted by Crippen LogP contribution is -2.30. The molecule has 0 bridgehead atoms. The van der Waals surface area contributed by atoms with E-state index in [4.69, 9.17) is 5.73 Å². The molecular weight excluding hydrogens is 224 g/mol. The molecule has 0 aliphatic heterocycles. The molecule has 0 radical (unpaired) electrons. The Morgan fingerprint density at radius 1 is 1.44 bits per heavy atom. The predicted molar refractivity (Wildman–Crippen MR) is 74.4 cm³/mol. The highest BCUT2D eigenvalue weighted by atomic mass is 16.1. The van der Waals surface area contributed by atoms with Crippen LogP contribution in [0.3, 0.4) is 0 Å². The molecule has 0 aromatic heterocycles. The molecule has 0 heterocycles. The van der Waals surface area contributed by atoms with Crippen LogP contribution in [0.1, 0.15) is 42.1 Å². The maximum atomic E-state index is 12.0. The lowest BCUT2D eigenvalue weighted by molar-refractivity contribution is 0.0944. The fraction of sp³-hybridized carbons (Fsp3) is 0.533. The Hall–Kier alpha value is -1.51. The molecule has 0 spiro atoms. The molecule has 3 N–H and O–H groups in total. The molecule has 1 saturated carbocycles. The van der Waals surface area contributed by atoms with Crippen molar-refractivity contribution in [3.63, 3.8) is 0 Å². The van der Waals surface area contributed by atoms with Gasteiger partial charge in [-0.3, -0.25) is 4.79 Å². The summed E-state index contributed by atoms with van der Waals surface area (Å²) in [6.45, 7) is 4.99. The van der Waals surface area contributed by atoms with Crippen molar-refractivity contribution >= 4 is 11.6 Å². The molecule has 18 heavy (non-hydrogen) atoms. The Labute approximate surface area is 109 Å². The number of hydrogen-bond acceptors (Lipinski definition) is 2. The Bertz CT molecular complexity index is 442. The van der Waals surface area contributed by atoms with Crippen molar-refractivity contribution in [3.8, 4) is 0 Å². The highest BCUT2D eigenvalue weighted by molar-refractivity contribution is 5.94. The van der Waals surface area contributed by atoms with E-state index in [1.54, 1.807) is 12.1 Å². The van der Waals surface area contributed by atoms with E-state index in [1.165, 1.54) is 19.3 Å². The van der Waals surface area contributed by atoms with Gasteiger partial charge in [0.1, 0.15) is 0 Å². The molecule has 1 aromatic carbocycles. The van der Waals surface area contributed by atoms with Crippen molar-refractivity contribution in [3.05, 3.63) is 29.3 Å². The summed E-state index contributed by atoms with van der Waals surface area (Å²) in [5.41, 5.74) is 8.14. The second-order valence-electron chi connectivity index (χ2n) is 5.45. The summed E-state index contributed by atoms with van der Waals surface area (Å²) >= 11 is 0. The van der Waals surface area contributed by atoms with Crippen LogP contribution in [0.2, 0.25) is 0 Å². The molecule has 1 amide bonds. The highest BCUT2D eigenvalue weighted by Crippen LogP contribution is 2.30. The van der Waals surface area contributed by atoms with Crippen LogP contribution < -0.4 is 11.1 Å². The van der Waals surface area contributed by atoms with E-state index in [0.29, 0.717) is 11.5 Å². The van der Waals surface area contributed by atoms with Crippen molar-refractivity contribution in [1.82, 2.24) is 5.32 Å². The molecule has 1 aliphatic rings. The molecule has 1 aromatic rings. The van der Waals surface area contributed by atoms with Crippen LogP contribution in [0, 0.1) is 18.8 Å². The summed E-state index contributed by atoms with van der Waals surface area (Å²) < 4.78 is 0. The minimum absolute atomic E-state index is 0.0113. The van der Waals surface area contributed by atoms with Gasteiger partial charge in [-0.1, -0.05) is 19.8 Å². The third-order valence-electron chi connectivity index (χ3n) is 4.10. The van der Waals surface area contributed by atoms with Crippen LogP contribution in [0.5, 0.6) is 0 Å². The van der Waals surface area contributed by atoms with E-state index in [9.17, 15) is 4.79 Å². The molecule has 2 unspecified atom stereocenters. The minimum Gasteiger partial charge on any atom is -0.399 e. The number of nitrogens with one attached hydrogen (secondary N) is 1. The molecule has 2 rings (SSSR count). The standard InChI is InChI=1S/C15H22N2O/c1-10-4-3-5-13(10)9-17-15(18)12-6-7-14(16)11(2)8-12/h6-8,10,13H,3-5,9,16H2,1-2H3,(H,17,18). The number of carbonyl (C=O) groups is 1. The summed E-state index contributed by atoms with van der Waals surface area (Å²) in [5, 5.41) is 3.04. The zero-order valence-corrected chi connectivity index (χ0v) is 11.2. The summed E-state index contributed by atoms with van der Waals surface area (Å²) in [6.07, 6.45) is 3.83. The van der Waals surface area contributed by atoms with Gasteiger partial charge in [-0.2, -0.15) is 0 Å². The first-order valence-electron chi connectivity index (χ1n) is 6.72. The molecule has 0 saturated heterocycles. The normalized spacial score (nSPS) is 23.0. The van der Waals surface area contributed by atoms with Crippen molar-refractivity contribution in [2.45, 2.75) is 33.1 Å². The molecular formula is C15H22N2O. The third kappa shape index (κ3) is 2.84. The van der Waals surface area contributed by atoms with Gasteiger partial charge in [-0.25, -0.2) is 0 Å². The number of nitrogens with two attached hydrogens (primary N) is 1. The number of carbonyl (C=O) groups excluding carboxylic acids is 1. The summed E-state index contributed by atoms with van der Waals surface area (Å²) in [7, 11) is 0. The lowest BCUT2D eigenvalue weighted by Gasteiger charge is -2.16. The van der Waals surface area contributed by atoms with Gasteiger partial charge in [0.25, 0.3) is 5.91 Å². The Kier molecular flexibility index (Phi) is 3.90. The molecule has 3 nitrogen and oxygen atoms in total. The highest BCUT2D eigenvalue weighted by Gasteiger charge is 2.23. The van der Waals surface area contributed by atoms with Gasteiger partial charge in [0.05, 0.1) is 0 Å². The van der Waals surface area contributed by atoms with Gasteiger partial charge < -0.3 is 11.1 Å². The number of aryl methyl sites for hydroxylation is 1. The zero-order chi connectivity index (χ0) is 13.1. The number of amides is 1. The van der Waals surface area contributed by atoms with E-state index < -0.39 is 0 Å². The molecule has 1 fully saturated rings. The molecule has 98 valence electrons. The Morgan fingerprint density at radius 3 is 2.83 bits per heavy atom. The van der Waals surface area contributed by atoms with Crippen molar-refractivity contribution in [2.75, 3.05) is 12.3 Å². The fourth-order valence-corrected chi connectivity index (χ4v) is 2.67.